The summed E-state index contributed by atoms with van der Waals surface area (Å²) in [4.78, 5) is 34.1. The summed E-state index contributed by atoms with van der Waals surface area (Å²) in [6, 6.07) is 35.6. The molecule has 0 saturated carbocycles. The Morgan fingerprint density at radius 1 is 0.660 bits per heavy atom. The molecule has 2 atom stereocenters. The summed E-state index contributed by atoms with van der Waals surface area (Å²) in [5.41, 5.74) is 12.4. The number of nitrogens with one attached hydrogen (secondary N) is 1. The van der Waals surface area contributed by atoms with Crippen LogP contribution in [0.4, 0.5) is 4.79 Å². The van der Waals surface area contributed by atoms with Crippen molar-refractivity contribution in [1.82, 2.24) is 5.32 Å². The van der Waals surface area contributed by atoms with Crippen LogP contribution in [0.25, 0.3) is 22.3 Å². The first-order valence-electron chi connectivity index (χ1n) is 16.1. The third-order valence-electron chi connectivity index (χ3n) is 7.34. The fourth-order valence-corrected chi connectivity index (χ4v) is 4.89. The largest absolute Gasteiger partial charge is 0.478 e. The monoisotopic (exact) mass is 698 g/mol. The van der Waals surface area contributed by atoms with Gasteiger partial charge in [-0.15, -0.1) is 12.4 Å². The average molecular weight is 699 g/mol. The van der Waals surface area contributed by atoms with Crippen LogP contribution in [0.15, 0.2) is 132 Å². The van der Waals surface area contributed by atoms with Crippen LogP contribution in [0.3, 0.4) is 0 Å². The summed E-state index contributed by atoms with van der Waals surface area (Å²) in [5, 5.41) is 20.8. The highest BCUT2D eigenvalue weighted by molar-refractivity contribution is 5.86. The van der Waals surface area contributed by atoms with Crippen molar-refractivity contribution in [2.24, 2.45) is 5.73 Å². The van der Waals surface area contributed by atoms with Gasteiger partial charge >= 0.3 is 18.0 Å². The third-order valence-corrected chi connectivity index (χ3v) is 7.34. The topological polar surface area (TPSA) is 139 Å². The number of carbonyl (C=O) groups is 3. The maximum atomic E-state index is 12.1. The molecule has 50 heavy (non-hydrogen) atoms. The molecule has 5 N–H and O–H groups in total. The molecule has 0 aliphatic heterocycles. The van der Waals surface area contributed by atoms with Gasteiger partial charge in [0.25, 0.3) is 0 Å². The molecule has 4 aromatic rings. The number of rotatable bonds is 11. The van der Waals surface area contributed by atoms with Crippen LogP contribution >= 0.6 is 12.4 Å². The first-order chi connectivity index (χ1) is 23.2. The smallest absolute Gasteiger partial charge is 0.408 e. The van der Waals surface area contributed by atoms with Gasteiger partial charge in [-0.3, -0.25) is 0 Å². The molecule has 0 aromatic heterocycles. The zero-order valence-electron chi connectivity index (χ0n) is 29.1. The van der Waals surface area contributed by atoms with Crippen LogP contribution in [-0.2, 0) is 27.2 Å². The van der Waals surface area contributed by atoms with E-state index in [2.05, 4.69) is 29.6 Å². The normalized spacial score (nSPS) is 12.7. The van der Waals surface area contributed by atoms with E-state index < -0.39 is 29.7 Å². The molecule has 8 nitrogen and oxygen atoms in total. The van der Waals surface area contributed by atoms with Crippen LogP contribution in [-0.4, -0.2) is 45.9 Å². The molecule has 0 aliphatic carbocycles. The van der Waals surface area contributed by atoms with E-state index in [4.69, 9.17) is 20.7 Å². The molecule has 0 spiro atoms. The Morgan fingerprint density at radius 3 is 1.44 bits per heavy atom. The van der Waals surface area contributed by atoms with Gasteiger partial charge < -0.3 is 26.0 Å². The molecule has 1 amide bonds. The van der Waals surface area contributed by atoms with Crippen molar-refractivity contribution in [1.29, 1.82) is 0 Å². The Bertz CT molecular complexity index is 1730. The quantitative estimate of drug-likeness (QED) is 0.115. The molecule has 0 fully saturated rings. The molecule has 0 bridgehead atoms. The van der Waals surface area contributed by atoms with Crippen molar-refractivity contribution < 1.29 is 29.3 Å². The van der Waals surface area contributed by atoms with E-state index in [1.807, 2.05) is 84.9 Å². The second-order valence-corrected chi connectivity index (χ2v) is 12.8. The lowest BCUT2D eigenvalue weighted by Gasteiger charge is -2.22. The molecule has 0 saturated heterocycles. The summed E-state index contributed by atoms with van der Waals surface area (Å²) in [5.74, 6) is -1.94. The minimum absolute atomic E-state index is 0. The van der Waals surface area contributed by atoms with Crippen LogP contribution in [0, 0.1) is 0 Å². The van der Waals surface area contributed by atoms with Crippen molar-refractivity contribution in [2.45, 2.75) is 65.1 Å². The number of benzene rings is 4. The van der Waals surface area contributed by atoms with E-state index in [0.717, 1.165) is 27.8 Å². The average Bonchev–Trinajstić information content (AvgIpc) is 3.05. The molecule has 0 aliphatic rings. The van der Waals surface area contributed by atoms with E-state index in [-0.39, 0.29) is 29.6 Å². The summed E-state index contributed by atoms with van der Waals surface area (Å²) in [7, 11) is 0. The van der Waals surface area contributed by atoms with Gasteiger partial charge in [0.2, 0.25) is 0 Å². The molecule has 2 unspecified atom stereocenters. The lowest BCUT2D eigenvalue weighted by atomic mass is 10.00. The predicted molar refractivity (Wildman–Crippen MR) is 202 cm³/mol. The molecule has 9 heteroatoms. The Hall–Kier alpha value is -5.18. The molecule has 4 aromatic carbocycles. The van der Waals surface area contributed by atoms with Crippen molar-refractivity contribution in [3.05, 3.63) is 144 Å². The number of carbonyl (C=O) groups excluding carboxylic acids is 1. The van der Waals surface area contributed by atoms with Gasteiger partial charge in [0, 0.05) is 17.2 Å². The number of ether oxygens (including phenoxy) is 1. The fraction of sp³-hybridized carbons (Fsp3) is 0.244. The van der Waals surface area contributed by atoms with Crippen molar-refractivity contribution >= 4 is 30.4 Å². The SMILES string of the molecule is C/C(=C/C(Cc1ccc(-c2ccccc2)cc1)NC(=O)OC(C)(C)C)C(=O)O.C/C(=C/C(N)Cc1ccc(-c2ccccc2)cc1)C(=O)O.Cl. The van der Waals surface area contributed by atoms with Gasteiger partial charge in [-0.1, -0.05) is 121 Å². The highest BCUT2D eigenvalue weighted by atomic mass is 35.5. The van der Waals surface area contributed by atoms with E-state index in [0.29, 0.717) is 12.8 Å². The van der Waals surface area contributed by atoms with E-state index in [9.17, 15) is 14.4 Å². The first-order valence-corrected chi connectivity index (χ1v) is 16.1. The molecular formula is C41H47ClN2O6. The Labute approximate surface area is 301 Å². The number of hydrogen-bond donors (Lipinski definition) is 4. The zero-order valence-corrected chi connectivity index (χ0v) is 29.9. The van der Waals surface area contributed by atoms with Gasteiger partial charge in [-0.25, -0.2) is 14.4 Å². The number of halogens is 1. The maximum absolute atomic E-state index is 12.1. The zero-order chi connectivity index (χ0) is 36.0. The van der Waals surface area contributed by atoms with Crippen LogP contribution in [0.2, 0.25) is 0 Å². The number of hydrogen-bond acceptors (Lipinski definition) is 5. The number of aliphatic carboxylic acids is 2. The second-order valence-electron chi connectivity index (χ2n) is 12.8. The Kier molecular flexibility index (Phi) is 16.2. The minimum atomic E-state index is -1.02. The minimum Gasteiger partial charge on any atom is -0.478 e. The standard InChI is InChI=1S/C23H27NO4.C18H19NO2.ClH/c1-16(21(25)26)14-20(24-22(27)28-23(2,3)4)15-17-10-12-19(13-11-17)18-8-6-5-7-9-18;1-13(18(20)21)11-17(19)12-14-7-9-16(10-8-14)15-5-3-2-4-6-15;/h5-14,20H,15H2,1-4H3,(H,24,27)(H,25,26);2-11,17H,12,19H2,1H3,(H,20,21);1H/b16-14-;13-11-;. The molecule has 0 radical (unpaired) electrons. The Balaban J connectivity index is 0.000000353. The second kappa shape index (κ2) is 19.7. The highest BCUT2D eigenvalue weighted by Gasteiger charge is 2.20. The summed E-state index contributed by atoms with van der Waals surface area (Å²) in [6.45, 7) is 8.40. The van der Waals surface area contributed by atoms with Gasteiger partial charge in [0.15, 0.2) is 0 Å². The van der Waals surface area contributed by atoms with Gasteiger partial charge in [0.05, 0.1) is 6.04 Å². The van der Waals surface area contributed by atoms with E-state index in [1.165, 1.54) is 18.6 Å². The lowest BCUT2D eigenvalue weighted by Crippen LogP contribution is -2.39. The van der Waals surface area contributed by atoms with Crippen molar-refractivity contribution in [2.75, 3.05) is 0 Å². The van der Waals surface area contributed by atoms with Crippen LogP contribution < -0.4 is 11.1 Å². The van der Waals surface area contributed by atoms with Crippen molar-refractivity contribution in [3.8, 4) is 22.3 Å². The summed E-state index contributed by atoms with van der Waals surface area (Å²) in [6.07, 6.45) is 3.64. The summed E-state index contributed by atoms with van der Waals surface area (Å²) < 4.78 is 5.30. The van der Waals surface area contributed by atoms with Gasteiger partial charge in [-0.05, 0) is 80.8 Å². The Morgan fingerprint density at radius 2 is 1.04 bits per heavy atom. The maximum Gasteiger partial charge on any atom is 0.408 e. The van der Waals surface area contributed by atoms with Crippen molar-refractivity contribution in [3.63, 3.8) is 0 Å². The third kappa shape index (κ3) is 14.5. The van der Waals surface area contributed by atoms with E-state index >= 15 is 0 Å². The van der Waals surface area contributed by atoms with Gasteiger partial charge in [-0.2, -0.15) is 0 Å². The van der Waals surface area contributed by atoms with Gasteiger partial charge in [0.1, 0.15) is 5.60 Å². The van der Waals surface area contributed by atoms with E-state index in [1.54, 1.807) is 33.8 Å². The number of carboxylic acids is 2. The number of alkyl carbamates (subject to hydrolysis) is 1. The predicted octanol–water partition coefficient (Wildman–Crippen LogP) is 8.50. The highest BCUT2D eigenvalue weighted by Crippen LogP contribution is 2.21. The molecule has 4 rings (SSSR count). The molecular weight excluding hydrogens is 652 g/mol. The number of carboxylic acid groups (broad SMARTS) is 2. The number of amides is 1. The fourth-order valence-electron chi connectivity index (χ4n) is 4.89. The molecule has 264 valence electrons. The lowest BCUT2D eigenvalue weighted by molar-refractivity contribution is -0.133. The van der Waals surface area contributed by atoms with Crippen LogP contribution in [0.1, 0.15) is 45.7 Å². The van der Waals surface area contributed by atoms with Crippen LogP contribution in [0.5, 0.6) is 0 Å². The summed E-state index contributed by atoms with van der Waals surface area (Å²) >= 11 is 0. The number of nitrogens with two attached hydrogens (primary N) is 1. The first kappa shape index (κ1) is 41.0. The molecule has 0 heterocycles.